The van der Waals surface area contributed by atoms with Crippen LogP contribution in [0.4, 0.5) is 17.6 Å². The fourth-order valence-corrected chi connectivity index (χ4v) is 5.57. The molecule has 1 atom stereocenters. The Morgan fingerprint density at radius 3 is 2.46 bits per heavy atom. The maximum Gasteiger partial charge on any atom is 0.338 e. The highest BCUT2D eigenvalue weighted by Crippen LogP contribution is 2.45. The van der Waals surface area contributed by atoms with E-state index in [9.17, 15) is 14.9 Å². The first-order valence-electron chi connectivity index (χ1n) is 13.0. The molecule has 208 valence electrons. The van der Waals surface area contributed by atoms with Crippen LogP contribution in [0.25, 0.3) is 10.9 Å². The molecule has 0 aliphatic heterocycles. The molecule has 5 N–H and O–H groups in total. The van der Waals surface area contributed by atoms with Gasteiger partial charge in [0.05, 0.1) is 32.6 Å². The van der Waals surface area contributed by atoms with Crippen molar-refractivity contribution in [3.63, 3.8) is 0 Å². The lowest BCUT2D eigenvalue weighted by atomic mass is 9.88. The van der Waals surface area contributed by atoms with Gasteiger partial charge in [0.15, 0.2) is 5.82 Å². The van der Waals surface area contributed by atoms with Crippen LogP contribution in [-0.4, -0.2) is 31.6 Å². The summed E-state index contributed by atoms with van der Waals surface area (Å²) < 4.78 is 7.29. The minimum Gasteiger partial charge on any atom is -0.459 e. The van der Waals surface area contributed by atoms with Gasteiger partial charge < -0.3 is 21.5 Å². The summed E-state index contributed by atoms with van der Waals surface area (Å²) in [6, 6.07) is 13.0. The second kappa shape index (κ2) is 10.5. The van der Waals surface area contributed by atoms with E-state index in [2.05, 4.69) is 15.3 Å². The van der Waals surface area contributed by atoms with Crippen LogP contribution in [0.15, 0.2) is 47.3 Å². The first kappa shape index (κ1) is 26.8. The molecule has 0 spiro atoms. The molecule has 1 unspecified atom stereocenters. The number of carbonyl (C=O) groups excluding carboxylic acids is 1. The number of benzene rings is 2. The molecule has 0 bridgehead atoms. The lowest BCUT2D eigenvalue weighted by molar-refractivity contribution is -0.00922. The minimum absolute atomic E-state index is 0.0390. The van der Waals surface area contributed by atoms with Gasteiger partial charge in [-0.2, -0.15) is 15.2 Å². The Labute approximate surface area is 244 Å². The van der Waals surface area contributed by atoms with Crippen LogP contribution in [0.5, 0.6) is 0 Å². The first-order valence-corrected chi connectivity index (χ1v) is 13.8. The number of rotatable bonds is 7. The Morgan fingerprint density at radius 1 is 1.07 bits per heavy atom. The van der Waals surface area contributed by atoms with Crippen molar-refractivity contribution in [2.45, 2.75) is 43.9 Å². The van der Waals surface area contributed by atoms with Gasteiger partial charge >= 0.3 is 5.97 Å². The molecular formula is C28H24Cl2N8O3. The highest BCUT2D eigenvalue weighted by Gasteiger charge is 2.41. The Kier molecular flexibility index (Phi) is 6.89. The Hall–Kier alpha value is -4.40. The van der Waals surface area contributed by atoms with Gasteiger partial charge in [0, 0.05) is 18.9 Å². The molecule has 2 aliphatic rings. The van der Waals surface area contributed by atoms with Crippen LogP contribution in [0.2, 0.25) is 10.0 Å². The van der Waals surface area contributed by atoms with Crippen LogP contribution >= 0.6 is 23.2 Å². The third kappa shape index (κ3) is 5.01. The number of carbonyl (C=O) groups is 1. The molecule has 4 aromatic rings. The fourth-order valence-electron chi connectivity index (χ4n) is 5.14. The zero-order valence-corrected chi connectivity index (χ0v) is 23.1. The van der Waals surface area contributed by atoms with E-state index in [4.69, 9.17) is 44.4 Å². The number of nitrogens with two attached hydrogens (primary N) is 2. The highest BCUT2D eigenvalue weighted by molar-refractivity contribution is 6.39. The topological polar surface area (TPSA) is 175 Å². The molecule has 0 saturated heterocycles. The zero-order chi connectivity index (χ0) is 28.8. The highest BCUT2D eigenvalue weighted by atomic mass is 35.5. The van der Waals surface area contributed by atoms with Gasteiger partial charge in [-0.15, -0.1) is 0 Å². The molecule has 0 radical (unpaired) electrons. The number of esters is 1. The van der Waals surface area contributed by atoms with Crippen LogP contribution in [0.1, 0.15) is 59.5 Å². The maximum absolute atomic E-state index is 14.1. The third-order valence-corrected chi connectivity index (χ3v) is 8.05. The third-order valence-electron chi connectivity index (χ3n) is 7.43. The summed E-state index contributed by atoms with van der Waals surface area (Å²) in [4.78, 5) is 39.6. The van der Waals surface area contributed by atoms with E-state index >= 15 is 0 Å². The van der Waals surface area contributed by atoms with Gasteiger partial charge in [-0.05, 0) is 43.0 Å². The molecular weight excluding hydrogens is 567 g/mol. The Balaban J connectivity index is 1.41. The number of nitrogens with one attached hydrogen (secondary N) is 1. The summed E-state index contributed by atoms with van der Waals surface area (Å²) in [5.41, 5.74) is 12.2. The van der Waals surface area contributed by atoms with E-state index in [0.717, 1.165) is 12.8 Å². The smallest absolute Gasteiger partial charge is 0.338 e. The number of fused-ring (bicyclic) bond motifs is 1. The van der Waals surface area contributed by atoms with Crippen molar-refractivity contribution in [3.8, 4) is 6.07 Å². The van der Waals surface area contributed by atoms with Gasteiger partial charge in [0.1, 0.15) is 29.4 Å². The number of anilines is 3. The number of ether oxygens (including phenoxy) is 1. The summed E-state index contributed by atoms with van der Waals surface area (Å²) in [6.07, 6.45) is 2.15. The number of aromatic nitrogens is 4. The molecule has 13 heteroatoms. The molecule has 2 saturated carbocycles. The quantitative estimate of drug-likeness (QED) is 0.257. The van der Waals surface area contributed by atoms with Gasteiger partial charge in [0.25, 0.3) is 5.56 Å². The second-order valence-electron chi connectivity index (χ2n) is 10.2. The molecule has 2 heterocycles. The standard InChI is InChI=1S/C28H24Cl2N8O3/c29-18-8-9-19(30)22-20(18)26(39)38(15-10-16(11-15)41-27(40)14-4-2-1-3-5-14)25(35-22)21(13-6-7-13)34-24-17(12-31)23(32)36-28(33)37-24/h1-5,8-9,13,15-16,21H,6-7,10-11H2,(H5,32,33,34,36,37). The number of halogens is 2. The number of nitrogen functional groups attached to an aromatic ring is 2. The van der Waals surface area contributed by atoms with Crippen LogP contribution < -0.4 is 22.3 Å². The molecule has 41 heavy (non-hydrogen) atoms. The Bertz CT molecular complexity index is 1780. The predicted octanol–water partition coefficient (Wildman–Crippen LogP) is 4.65. The van der Waals surface area contributed by atoms with Crippen LogP contribution in [-0.2, 0) is 4.74 Å². The van der Waals surface area contributed by atoms with Gasteiger partial charge in [-0.3, -0.25) is 9.36 Å². The van der Waals surface area contributed by atoms with E-state index in [1.807, 2.05) is 12.1 Å². The number of nitrogens with zero attached hydrogens (tertiary/aromatic N) is 5. The lowest BCUT2D eigenvalue weighted by Crippen LogP contribution is -2.42. The molecule has 11 nitrogen and oxygen atoms in total. The van der Waals surface area contributed by atoms with E-state index in [1.165, 1.54) is 0 Å². The van der Waals surface area contributed by atoms with E-state index < -0.39 is 12.0 Å². The van der Waals surface area contributed by atoms with Crippen LogP contribution in [0.3, 0.4) is 0 Å². The SMILES string of the molecule is N#Cc1c(N)nc(N)nc1NC(c1nc2c(Cl)ccc(Cl)c2c(=O)n1C1CC(OC(=O)c2ccccc2)C1)C1CC1. The average Bonchev–Trinajstić information content (AvgIpc) is 3.77. The number of hydrogen-bond donors (Lipinski definition) is 3. The summed E-state index contributed by atoms with van der Waals surface area (Å²) in [7, 11) is 0. The van der Waals surface area contributed by atoms with Crippen molar-refractivity contribution in [3.05, 3.63) is 79.8 Å². The van der Waals surface area contributed by atoms with E-state index in [1.54, 1.807) is 41.0 Å². The zero-order valence-electron chi connectivity index (χ0n) is 21.6. The van der Waals surface area contributed by atoms with Crippen molar-refractivity contribution in [1.29, 1.82) is 5.26 Å². The fraction of sp³-hybridized carbons (Fsp3) is 0.286. The molecule has 2 aromatic heterocycles. The summed E-state index contributed by atoms with van der Waals surface area (Å²) in [5.74, 6) is 0.0624. The normalized spacial score (nSPS) is 18.8. The van der Waals surface area contributed by atoms with Crippen molar-refractivity contribution in [1.82, 2.24) is 19.5 Å². The van der Waals surface area contributed by atoms with Gasteiger partial charge in [0.2, 0.25) is 5.95 Å². The van der Waals surface area contributed by atoms with Gasteiger partial charge in [-0.25, -0.2) is 9.78 Å². The van der Waals surface area contributed by atoms with Crippen molar-refractivity contribution >= 4 is 57.7 Å². The summed E-state index contributed by atoms with van der Waals surface area (Å²) in [5, 5.41) is 13.7. The second-order valence-corrected chi connectivity index (χ2v) is 11.0. The minimum atomic E-state index is -0.533. The molecule has 0 amide bonds. The molecule has 6 rings (SSSR count). The van der Waals surface area contributed by atoms with Crippen LogP contribution in [0, 0.1) is 17.2 Å². The predicted molar refractivity (Wildman–Crippen MR) is 155 cm³/mol. The Morgan fingerprint density at radius 2 is 1.78 bits per heavy atom. The van der Waals surface area contributed by atoms with Crippen molar-refractivity contribution in [2.75, 3.05) is 16.8 Å². The van der Waals surface area contributed by atoms with E-state index in [-0.39, 0.29) is 67.7 Å². The monoisotopic (exact) mass is 590 g/mol. The van der Waals surface area contributed by atoms with Crippen molar-refractivity contribution in [2.24, 2.45) is 5.92 Å². The largest absolute Gasteiger partial charge is 0.459 e. The number of hydrogen-bond acceptors (Lipinski definition) is 10. The summed E-state index contributed by atoms with van der Waals surface area (Å²) in [6.45, 7) is 0. The lowest BCUT2D eigenvalue weighted by Gasteiger charge is -2.38. The van der Waals surface area contributed by atoms with Crippen molar-refractivity contribution < 1.29 is 9.53 Å². The first-order chi connectivity index (χ1) is 19.7. The van der Waals surface area contributed by atoms with Gasteiger partial charge in [-0.1, -0.05) is 41.4 Å². The molecule has 2 aliphatic carbocycles. The maximum atomic E-state index is 14.1. The number of nitriles is 1. The molecule has 2 aromatic carbocycles. The molecule has 2 fully saturated rings. The average molecular weight is 591 g/mol. The summed E-state index contributed by atoms with van der Waals surface area (Å²) >= 11 is 13.0. The van der Waals surface area contributed by atoms with E-state index in [0.29, 0.717) is 24.2 Å².